The first-order chi connectivity index (χ1) is 9.07. The first-order valence-corrected chi connectivity index (χ1v) is 8.74. The quantitative estimate of drug-likeness (QED) is 0.902. The van der Waals surface area contributed by atoms with Crippen LogP contribution >= 0.6 is 0 Å². The molecular formula is C15H23NO2S. The molecule has 0 aliphatic heterocycles. The Balaban J connectivity index is 1.90. The van der Waals surface area contributed by atoms with Gasteiger partial charge in [0.2, 0.25) is 10.0 Å². The van der Waals surface area contributed by atoms with E-state index < -0.39 is 10.0 Å². The molecule has 19 heavy (non-hydrogen) atoms. The van der Waals surface area contributed by atoms with Gasteiger partial charge in [0.25, 0.3) is 0 Å². The number of sulfonamides is 1. The summed E-state index contributed by atoms with van der Waals surface area (Å²) in [5.74, 6) is 0.618. The Bertz CT molecular complexity index is 505. The maximum atomic E-state index is 12.1. The molecule has 0 aromatic heterocycles. The lowest BCUT2D eigenvalue weighted by molar-refractivity contribution is 0.357. The molecule has 1 aromatic rings. The minimum atomic E-state index is -3.21. The first kappa shape index (κ1) is 14.5. The number of hydrogen-bond acceptors (Lipinski definition) is 2. The van der Waals surface area contributed by atoms with E-state index in [1.807, 2.05) is 31.2 Å². The van der Waals surface area contributed by atoms with E-state index >= 15 is 0 Å². The molecule has 4 heteroatoms. The maximum Gasteiger partial charge on any atom is 0.215 e. The van der Waals surface area contributed by atoms with Crippen LogP contribution in [0.3, 0.4) is 0 Å². The summed E-state index contributed by atoms with van der Waals surface area (Å²) in [6, 6.07) is 7.65. The van der Waals surface area contributed by atoms with Crippen molar-refractivity contribution in [2.75, 3.05) is 6.54 Å². The summed E-state index contributed by atoms with van der Waals surface area (Å²) in [6.07, 6.45) is 6.10. The summed E-state index contributed by atoms with van der Waals surface area (Å²) < 4.78 is 26.9. The zero-order valence-electron chi connectivity index (χ0n) is 11.6. The smallest absolute Gasteiger partial charge is 0.215 e. The fraction of sp³-hybridized carbons (Fsp3) is 0.600. The van der Waals surface area contributed by atoms with Crippen LogP contribution in [0.1, 0.15) is 43.2 Å². The largest absolute Gasteiger partial charge is 0.215 e. The topological polar surface area (TPSA) is 46.2 Å². The Morgan fingerprint density at radius 3 is 2.53 bits per heavy atom. The molecule has 1 aliphatic rings. The van der Waals surface area contributed by atoms with Crippen LogP contribution in [0.25, 0.3) is 0 Å². The van der Waals surface area contributed by atoms with Crippen LogP contribution in [-0.2, 0) is 15.8 Å². The maximum absolute atomic E-state index is 12.1. The molecule has 1 saturated carbocycles. The highest BCUT2D eigenvalue weighted by Crippen LogP contribution is 2.23. The second kappa shape index (κ2) is 6.53. The highest BCUT2D eigenvalue weighted by Gasteiger charge is 2.18. The van der Waals surface area contributed by atoms with Crippen molar-refractivity contribution >= 4 is 10.0 Å². The third-order valence-electron chi connectivity index (χ3n) is 3.92. The predicted molar refractivity (Wildman–Crippen MR) is 78.4 cm³/mol. The van der Waals surface area contributed by atoms with Gasteiger partial charge in [-0.25, -0.2) is 13.1 Å². The highest BCUT2D eigenvalue weighted by atomic mass is 32.2. The van der Waals surface area contributed by atoms with Crippen LogP contribution in [0, 0.1) is 12.8 Å². The molecule has 0 spiro atoms. The van der Waals surface area contributed by atoms with Gasteiger partial charge in [-0.1, -0.05) is 43.5 Å². The molecule has 0 radical (unpaired) electrons. The number of aryl methyl sites for hydroxylation is 1. The van der Waals surface area contributed by atoms with Gasteiger partial charge in [-0.15, -0.1) is 0 Å². The Labute approximate surface area is 116 Å². The van der Waals surface area contributed by atoms with Crippen molar-refractivity contribution in [3.05, 3.63) is 35.4 Å². The van der Waals surface area contributed by atoms with Crippen LogP contribution < -0.4 is 4.72 Å². The molecule has 1 fully saturated rings. The molecule has 0 atom stereocenters. The van der Waals surface area contributed by atoms with Gasteiger partial charge in [0.1, 0.15) is 0 Å². The number of benzene rings is 1. The van der Waals surface area contributed by atoms with Crippen molar-refractivity contribution in [2.24, 2.45) is 5.92 Å². The monoisotopic (exact) mass is 281 g/mol. The number of nitrogens with one attached hydrogen (secondary N) is 1. The van der Waals surface area contributed by atoms with Crippen molar-refractivity contribution in [3.63, 3.8) is 0 Å². The zero-order valence-corrected chi connectivity index (χ0v) is 12.4. The van der Waals surface area contributed by atoms with Gasteiger partial charge in [0.05, 0.1) is 5.75 Å². The van der Waals surface area contributed by atoms with Gasteiger partial charge in [0.15, 0.2) is 0 Å². The molecule has 3 nitrogen and oxygen atoms in total. The Kier molecular flexibility index (Phi) is 4.99. The van der Waals surface area contributed by atoms with E-state index in [-0.39, 0.29) is 5.75 Å². The van der Waals surface area contributed by atoms with Crippen LogP contribution in [0.15, 0.2) is 24.3 Å². The summed E-state index contributed by atoms with van der Waals surface area (Å²) in [7, 11) is -3.21. The lowest BCUT2D eigenvalue weighted by Gasteiger charge is -2.21. The summed E-state index contributed by atoms with van der Waals surface area (Å²) in [5.41, 5.74) is 1.92. The lowest BCUT2D eigenvalue weighted by Crippen LogP contribution is -2.31. The molecule has 0 amide bonds. The van der Waals surface area contributed by atoms with E-state index in [0.29, 0.717) is 12.5 Å². The Hall–Kier alpha value is -0.870. The van der Waals surface area contributed by atoms with Crippen LogP contribution in [0.4, 0.5) is 0 Å². The summed E-state index contributed by atoms with van der Waals surface area (Å²) >= 11 is 0. The minimum absolute atomic E-state index is 0.0897. The lowest BCUT2D eigenvalue weighted by atomic mass is 9.90. The fourth-order valence-electron chi connectivity index (χ4n) is 2.66. The molecule has 1 N–H and O–H groups in total. The SMILES string of the molecule is Cc1ccccc1CS(=O)(=O)NCC1CCCCC1. The third kappa shape index (κ3) is 4.62. The van der Waals surface area contributed by atoms with E-state index in [4.69, 9.17) is 0 Å². The van der Waals surface area contributed by atoms with Gasteiger partial charge < -0.3 is 0 Å². The Morgan fingerprint density at radius 2 is 1.84 bits per heavy atom. The molecule has 0 bridgehead atoms. The van der Waals surface area contributed by atoms with Crippen molar-refractivity contribution in [1.29, 1.82) is 0 Å². The molecule has 0 saturated heterocycles. The second-order valence-corrected chi connectivity index (χ2v) is 7.34. The van der Waals surface area contributed by atoms with Crippen LogP contribution in [0.2, 0.25) is 0 Å². The molecular weight excluding hydrogens is 258 g/mol. The predicted octanol–water partition coefficient (Wildman–Crippen LogP) is 2.99. The van der Waals surface area contributed by atoms with Gasteiger partial charge in [0, 0.05) is 6.54 Å². The van der Waals surface area contributed by atoms with E-state index in [9.17, 15) is 8.42 Å². The van der Waals surface area contributed by atoms with E-state index in [1.54, 1.807) is 0 Å². The molecule has 106 valence electrons. The number of rotatable bonds is 5. The van der Waals surface area contributed by atoms with E-state index in [2.05, 4.69) is 4.72 Å². The van der Waals surface area contributed by atoms with E-state index in [1.165, 1.54) is 19.3 Å². The van der Waals surface area contributed by atoms with E-state index in [0.717, 1.165) is 24.0 Å². The Morgan fingerprint density at radius 1 is 1.16 bits per heavy atom. The summed E-state index contributed by atoms with van der Waals surface area (Å²) in [4.78, 5) is 0. The van der Waals surface area contributed by atoms with Crippen molar-refractivity contribution in [3.8, 4) is 0 Å². The fourth-order valence-corrected chi connectivity index (χ4v) is 3.99. The average molecular weight is 281 g/mol. The van der Waals surface area contributed by atoms with Crippen molar-refractivity contribution in [2.45, 2.75) is 44.8 Å². The minimum Gasteiger partial charge on any atom is -0.215 e. The van der Waals surface area contributed by atoms with Crippen LogP contribution in [-0.4, -0.2) is 15.0 Å². The normalized spacial score (nSPS) is 17.5. The molecule has 1 aliphatic carbocycles. The van der Waals surface area contributed by atoms with Crippen LogP contribution in [0.5, 0.6) is 0 Å². The van der Waals surface area contributed by atoms with Crippen molar-refractivity contribution < 1.29 is 8.42 Å². The standard InChI is InChI=1S/C15H23NO2S/c1-13-7-5-6-10-15(13)12-19(17,18)16-11-14-8-3-2-4-9-14/h5-7,10,14,16H,2-4,8-9,11-12H2,1H3. The molecule has 1 aromatic carbocycles. The first-order valence-electron chi connectivity index (χ1n) is 7.09. The summed E-state index contributed by atoms with van der Waals surface area (Å²) in [5, 5.41) is 0. The summed E-state index contributed by atoms with van der Waals surface area (Å²) in [6.45, 7) is 2.56. The zero-order chi connectivity index (χ0) is 13.7. The number of hydrogen-bond donors (Lipinski definition) is 1. The highest BCUT2D eigenvalue weighted by molar-refractivity contribution is 7.88. The molecule has 0 heterocycles. The molecule has 2 rings (SSSR count). The molecule has 0 unspecified atom stereocenters. The second-order valence-electron chi connectivity index (χ2n) is 5.54. The van der Waals surface area contributed by atoms with Gasteiger partial charge in [-0.05, 0) is 36.8 Å². The van der Waals surface area contributed by atoms with Gasteiger partial charge in [-0.2, -0.15) is 0 Å². The van der Waals surface area contributed by atoms with Crippen molar-refractivity contribution in [1.82, 2.24) is 4.72 Å². The van der Waals surface area contributed by atoms with Gasteiger partial charge in [-0.3, -0.25) is 0 Å². The third-order valence-corrected chi connectivity index (χ3v) is 5.22. The van der Waals surface area contributed by atoms with Gasteiger partial charge >= 0.3 is 0 Å². The average Bonchev–Trinajstić information content (AvgIpc) is 2.40.